The van der Waals surface area contributed by atoms with Crippen LogP contribution in [0.1, 0.15) is 42.4 Å². The molecule has 6 heteroatoms. The van der Waals surface area contributed by atoms with Crippen molar-refractivity contribution in [3.63, 3.8) is 0 Å². The SMILES string of the molecule is COc1ccc(OCCCn2nnc(C=O)c2C(C)C)cc1. The second kappa shape index (κ2) is 7.59. The molecule has 118 valence electrons. The lowest BCUT2D eigenvalue weighted by molar-refractivity contribution is 0.111. The summed E-state index contributed by atoms with van der Waals surface area (Å²) < 4.78 is 12.6. The Balaban J connectivity index is 1.86. The summed E-state index contributed by atoms with van der Waals surface area (Å²) >= 11 is 0. The van der Waals surface area contributed by atoms with Crippen LogP contribution in [0, 0.1) is 0 Å². The van der Waals surface area contributed by atoms with Gasteiger partial charge in [0, 0.05) is 13.0 Å². The van der Waals surface area contributed by atoms with Crippen molar-refractivity contribution in [2.24, 2.45) is 0 Å². The van der Waals surface area contributed by atoms with Crippen LogP contribution in [0.2, 0.25) is 0 Å². The van der Waals surface area contributed by atoms with E-state index in [1.807, 2.05) is 38.1 Å². The zero-order valence-electron chi connectivity index (χ0n) is 13.2. The Bertz CT molecular complexity index is 606. The molecule has 1 heterocycles. The highest BCUT2D eigenvalue weighted by Gasteiger charge is 2.15. The van der Waals surface area contributed by atoms with E-state index < -0.39 is 0 Å². The lowest BCUT2D eigenvalue weighted by Gasteiger charge is -2.10. The standard InChI is InChI=1S/C16H21N3O3/c1-12(2)16-15(11-20)17-18-19(16)9-4-10-22-14-7-5-13(21-3)6-8-14/h5-8,11-12H,4,9-10H2,1-3H3. The van der Waals surface area contributed by atoms with Crippen molar-refractivity contribution in [2.75, 3.05) is 13.7 Å². The van der Waals surface area contributed by atoms with Crippen molar-refractivity contribution < 1.29 is 14.3 Å². The van der Waals surface area contributed by atoms with E-state index in [0.717, 1.165) is 29.9 Å². The molecular formula is C16H21N3O3. The Hall–Kier alpha value is -2.37. The quantitative estimate of drug-likeness (QED) is 0.554. The first-order valence-corrected chi connectivity index (χ1v) is 7.31. The predicted octanol–water partition coefficient (Wildman–Crippen LogP) is 2.69. The third-order valence-corrected chi connectivity index (χ3v) is 3.30. The lowest BCUT2D eigenvalue weighted by atomic mass is 10.1. The Morgan fingerprint density at radius 1 is 1.23 bits per heavy atom. The fourth-order valence-electron chi connectivity index (χ4n) is 2.25. The third-order valence-electron chi connectivity index (χ3n) is 3.30. The van der Waals surface area contributed by atoms with E-state index >= 15 is 0 Å². The molecule has 6 nitrogen and oxygen atoms in total. The number of carbonyl (C=O) groups excluding carboxylic acids is 1. The first kappa shape index (κ1) is 16.0. The maximum Gasteiger partial charge on any atom is 0.172 e. The number of ether oxygens (including phenoxy) is 2. The van der Waals surface area contributed by atoms with Crippen molar-refractivity contribution in [1.29, 1.82) is 0 Å². The van der Waals surface area contributed by atoms with Gasteiger partial charge in [-0.15, -0.1) is 5.10 Å². The summed E-state index contributed by atoms with van der Waals surface area (Å²) in [6.45, 7) is 5.29. The van der Waals surface area contributed by atoms with E-state index in [4.69, 9.17) is 9.47 Å². The van der Waals surface area contributed by atoms with Crippen molar-refractivity contribution in [2.45, 2.75) is 32.7 Å². The molecule has 0 aliphatic rings. The van der Waals surface area contributed by atoms with Crippen LogP contribution in [-0.4, -0.2) is 35.0 Å². The monoisotopic (exact) mass is 303 g/mol. The number of hydrogen-bond donors (Lipinski definition) is 0. The summed E-state index contributed by atoms with van der Waals surface area (Å²) in [7, 11) is 1.63. The van der Waals surface area contributed by atoms with Gasteiger partial charge in [0.2, 0.25) is 0 Å². The molecule has 1 aromatic heterocycles. The first-order chi connectivity index (χ1) is 10.7. The predicted molar refractivity (Wildman–Crippen MR) is 82.6 cm³/mol. The van der Waals surface area contributed by atoms with Gasteiger partial charge >= 0.3 is 0 Å². The number of benzene rings is 1. The summed E-state index contributed by atoms with van der Waals surface area (Å²) in [5, 5.41) is 7.94. The van der Waals surface area contributed by atoms with Crippen molar-refractivity contribution >= 4 is 6.29 Å². The van der Waals surface area contributed by atoms with Gasteiger partial charge < -0.3 is 9.47 Å². The van der Waals surface area contributed by atoms with Gasteiger partial charge in [0.05, 0.1) is 19.4 Å². The van der Waals surface area contributed by atoms with Crippen LogP contribution in [0.4, 0.5) is 0 Å². The number of rotatable bonds is 8. The molecule has 0 saturated carbocycles. The second-order valence-corrected chi connectivity index (χ2v) is 5.23. The Morgan fingerprint density at radius 2 is 1.91 bits per heavy atom. The third kappa shape index (κ3) is 3.84. The molecule has 0 saturated heterocycles. The van der Waals surface area contributed by atoms with Crippen LogP contribution in [0.25, 0.3) is 0 Å². The minimum absolute atomic E-state index is 0.206. The van der Waals surface area contributed by atoms with E-state index in [-0.39, 0.29) is 5.92 Å². The average Bonchev–Trinajstić information content (AvgIpc) is 2.95. The Kier molecular flexibility index (Phi) is 5.52. The molecule has 0 spiro atoms. The number of aldehydes is 1. The lowest BCUT2D eigenvalue weighted by Crippen LogP contribution is -2.10. The second-order valence-electron chi connectivity index (χ2n) is 5.23. The highest BCUT2D eigenvalue weighted by molar-refractivity contribution is 5.73. The normalized spacial score (nSPS) is 10.7. The number of methoxy groups -OCH3 is 1. The van der Waals surface area contributed by atoms with Gasteiger partial charge in [-0.25, -0.2) is 4.68 Å². The van der Waals surface area contributed by atoms with E-state index in [2.05, 4.69) is 10.3 Å². The van der Waals surface area contributed by atoms with Gasteiger partial charge in [-0.3, -0.25) is 4.79 Å². The summed E-state index contributed by atoms with van der Waals surface area (Å²) in [5.41, 5.74) is 1.30. The van der Waals surface area contributed by atoms with Crippen molar-refractivity contribution in [3.8, 4) is 11.5 Å². The molecule has 22 heavy (non-hydrogen) atoms. The summed E-state index contributed by atoms with van der Waals surface area (Å²) in [6, 6.07) is 7.47. The largest absolute Gasteiger partial charge is 0.497 e. The zero-order valence-corrected chi connectivity index (χ0v) is 13.2. The number of carbonyl (C=O) groups is 1. The highest BCUT2D eigenvalue weighted by atomic mass is 16.5. The van der Waals surface area contributed by atoms with E-state index in [0.29, 0.717) is 18.8 Å². The molecular weight excluding hydrogens is 282 g/mol. The summed E-state index contributed by atoms with van der Waals surface area (Å²) in [6.07, 6.45) is 1.54. The van der Waals surface area contributed by atoms with E-state index in [1.54, 1.807) is 11.8 Å². The van der Waals surface area contributed by atoms with Gasteiger partial charge in [-0.2, -0.15) is 0 Å². The van der Waals surface area contributed by atoms with Crippen LogP contribution in [0.15, 0.2) is 24.3 Å². The Labute approximate surface area is 130 Å². The minimum Gasteiger partial charge on any atom is -0.497 e. The van der Waals surface area contributed by atoms with Crippen LogP contribution < -0.4 is 9.47 Å². The molecule has 2 aromatic rings. The fraction of sp³-hybridized carbons (Fsp3) is 0.438. The van der Waals surface area contributed by atoms with E-state index in [1.165, 1.54) is 0 Å². The molecule has 0 unspecified atom stereocenters. The molecule has 0 radical (unpaired) electrons. The molecule has 1 aromatic carbocycles. The smallest absolute Gasteiger partial charge is 0.172 e. The average molecular weight is 303 g/mol. The highest BCUT2D eigenvalue weighted by Crippen LogP contribution is 2.18. The van der Waals surface area contributed by atoms with Gasteiger partial charge in [0.15, 0.2) is 6.29 Å². The van der Waals surface area contributed by atoms with Crippen molar-refractivity contribution in [3.05, 3.63) is 35.7 Å². The first-order valence-electron chi connectivity index (χ1n) is 7.31. The van der Waals surface area contributed by atoms with Crippen LogP contribution in [0.3, 0.4) is 0 Å². The molecule has 0 amide bonds. The number of aryl methyl sites for hydroxylation is 1. The maximum absolute atomic E-state index is 11.0. The number of hydrogen-bond acceptors (Lipinski definition) is 5. The van der Waals surface area contributed by atoms with E-state index in [9.17, 15) is 4.79 Å². The molecule has 0 aliphatic heterocycles. The molecule has 0 aliphatic carbocycles. The molecule has 0 fully saturated rings. The molecule has 2 rings (SSSR count). The fourth-order valence-corrected chi connectivity index (χ4v) is 2.25. The van der Waals surface area contributed by atoms with Gasteiger partial charge in [0.1, 0.15) is 17.2 Å². The van der Waals surface area contributed by atoms with Gasteiger partial charge in [-0.1, -0.05) is 19.1 Å². The molecule has 0 N–H and O–H groups in total. The van der Waals surface area contributed by atoms with Crippen LogP contribution in [-0.2, 0) is 6.54 Å². The van der Waals surface area contributed by atoms with Crippen molar-refractivity contribution in [1.82, 2.24) is 15.0 Å². The van der Waals surface area contributed by atoms with Crippen LogP contribution >= 0.6 is 0 Å². The minimum atomic E-state index is 0.206. The molecule has 0 atom stereocenters. The number of aromatic nitrogens is 3. The topological polar surface area (TPSA) is 66.2 Å². The van der Waals surface area contributed by atoms with Gasteiger partial charge in [0.25, 0.3) is 0 Å². The summed E-state index contributed by atoms with van der Waals surface area (Å²) in [4.78, 5) is 11.0. The summed E-state index contributed by atoms with van der Waals surface area (Å²) in [5.74, 6) is 1.81. The number of nitrogens with zero attached hydrogens (tertiary/aromatic N) is 3. The Morgan fingerprint density at radius 3 is 2.50 bits per heavy atom. The zero-order chi connectivity index (χ0) is 15.9. The molecule has 0 bridgehead atoms. The van der Waals surface area contributed by atoms with Gasteiger partial charge in [-0.05, 0) is 30.2 Å². The van der Waals surface area contributed by atoms with Crippen LogP contribution in [0.5, 0.6) is 11.5 Å². The maximum atomic E-state index is 11.0.